The van der Waals surface area contributed by atoms with Gasteiger partial charge in [0.15, 0.2) is 0 Å². The molecule has 0 aromatic carbocycles. The van der Waals surface area contributed by atoms with Crippen LogP contribution < -0.4 is 4.72 Å². The van der Waals surface area contributed by atoms with Gasteiger partial charge in [0.2, 0.25) is 10.0 Å². The molecule has 0 aromatic rings. The lowest BCUT2D eigenvalue weighted by molar-refractivity contribution is 0.184. The molecule has 0 heterocycles. The van der Waals surface area contributed by atoms with Gasteiger partial charge in [-0.2, -0.15) is 0 Å². The summed E-state index contributed by atoms with van der Waals surface area (Å²) in [7, 11) is -1.87. The lowest BCUT2D eigenvalue weighted by atomic mass is 10.0. The van der Waals surface area contributed by atoms with E-state index in [1.807, 2.05) is 0 Å². The predicted molar refractivity (Wildman–Crippen MR) is 57.1 cm³/mol. The van der Waals surface area contributed by atoms with Crippen LogP contribution in [0.2, 0.25) is 0 Å². The van der Waals surface area contributed by atoms with Crippen molar-refractivity contribution < 1.29 is 18.3 Å². The highest BCUT2D eigenvalue weighted by atomic mass is 32.2. The highest BCUT2D eigenvalue weighted by molar-refractivity contribution is 7.89. The number of hydrogen-bond acceptors (Lipinski definition) is 4. The second kappa shape index (κ2) is 5.25. The summed E-state index contributed by atoms with van der Waals surface area (Å²) in [5.41, 5.74) is -0.618. The van der Waals surface area contributed by atoms with Crippen molar-refractivity contribution in [3.63, 3.8) is 0 Å². The first kappa shape index (κ1) is 12.9. The minimum atomic E-state index is -3.33. The number of nitrogens with one attached hydrogen (secondary N) is 1. The molecule has 1 rings (SSSR count). The maximum Gasteiger partial charge on any atom is 0.214 e. The van der Waals surface area contributed by atoms with Crippen LogP contribution in [0.5, 0.6) is 0 Å². The molecule has 0 atom stereocenters. The molecule has 2 N–H and O–H groups in total. The molecule has 0 aromatic heterocycles. The molecule has 0 aliphatic heterocycles. The van der Waals surface area contributed by atoms with E-state index in [9.17, 15) is 13.5 Å². The van der Waals surface area contributed by atoms with Crippen LogP contribution in [0.4, 0.5) is 0 Å². The zero-order valence-electron chi connectivity index (χ0n) is 9.03. The highest BCUT2D eigenvalue weighted by Crippen LogP contribution is 2.29. The van der Waals surface area contributed by atoms with E-state index in [0.717, 1.165) is 25.7 Å². The fourth-order valence-corrected chi connectivity index (χ4v) is 3.33. The molecule has 6 heteroatoms. The van der Waals surface area contributed by atoms with Crippen molar-refractivity contribution in [2.45, 2.75) is 31.2 Å². The van der Waals surface area contributed by atoms with E-state index >= 15 is 0 Å². The van der Waals surface area contributed by atoms with Crippen LogP contribution in [0.1, 0.15) is 25.7 Å². The van der Waals surface area contributed by atoms with E-state index in [4.69, 9.17) is 4.74 Å². The van der Waals surface area contributed by atoms with Crippen molar-refractivity contribution in [2.75, 3.05) is 26.1 Å². The molecule has 5 nitrogen and oxygen atoms in total. The minimum Gasteiger partial charge on any atom is -0.394 e. The molecule has 0 bridgehead atoms. The minimum absolute atomic E-state index is 0.0503. The van der Waals surface area contributed by atoms with Crippen LogP contribution >= 0.6 is 0 Å². The third kappa shape index (κ3) is 3.71. The van der Waals surface area contributed by atoms with Crippen molar-refractivity contribution in [2.24, 2.45) is 0 Å². The van der Waals surface area contributed by atoms with Gasteiger partial charge in [-0.1, -0.05) is 12.8 Å². The monoisotopic (exact) mass is 237 g/mol. The van der Waals surface area contributed by atoms with Gasteiger partial charge >= 0.3 is 0 Å². The molecule has 1 saturated carbocycles. The van der Waals surface area contributed by atoms with Crippen LogP contribution in [-0.4, -0.2) is 45.1 Å². The molecule has 1 aliphatic carbocycles. The standard InChI is InChI=1S/C9H19NO4S/c1-14-6-7-15(12,13)10-9(8-11)4-2-3-5-9/h10-11H,2-8H2,1H3. The zero-order chi connectivity index (χ0) is 11.4. The smallest absolute Gasteiger partial charge is 0.214 e. The Bertz CT molecular complexity index is 282. The molecule has 0 saturated heterocycles. The lowest BCUT2D eigenvalue weighted by Crippen LogP contribution is -2.50. The summed E-state index contributed by atoms with van der Waals surface area (Å²) in [5, 5.41) is 9.25. The van der Waals surface area contributed by atoms with Crippen molar-refractivity contribution in [3.8, 4) is 0 Å². The lowest BCUT2D eigenvalue weighted by Gasteiger charge is -2.27. The average Bonchev–Trinajstić information content (AvgIpc) is 2.63. The number of sulfonamides is 1. The van der Waals surface area contributed by atoms with Gasteiger partial charge in [0.1, 0.15) is 0 Å². The Hall–Kier alpha value is -0.170. The van der Waals surface area contributed by atoms with Gasteiger partial charge in [-0.15, -0.1) is 0 Å². The van der Waals surface area contributed by atoms with E-state index in [0.29, 0.717) is 0 Å². The van der Waals surface area contributed by atoms with Crippen molar-refractivity contribution in [1.82, 2.24) is 4.72 Å². The maximum atomic E-state index is 11.6. The molecular weight excluding hydrogens is 218 g/mol. The number of aliphatic hydroxyl groups is 1. The molecular formula is C9H19NO4S. The van der Waals surface area contributed by atoms with Gasteiger partial charge in [0.25, 0.3) is 0 Å². The summed E-state index contributed by atoms with van der Waals surface area (Å²) < 4.78 is 30.5. The molecule has 0 spiro atoms. The molecule has 1 aliphatic rings. The summed E-state index contributed by atoms with van der Waals surface area (Å²) in [6.45, 7) is 0.0516. The third-order valence-corrected chi connectivity index (χ3v) is 4.24. The number of ether oxygens (including phenoxy) is 1. The van der Waals surface area contributed by atoms with Crippen LogP contribution in [-0.2, 0) is 14.8 Å². The predicted octanol–water partition coefficient (Wildman–Crippen LogP) is -0.143. The van der Waals surface area contributed by atoms with E-state index in [1.165, 1.54) is 7.11 Å². The van der Waals surface area contributed by atoms with Gasteiger partial charge < -0.3 is 9.84 Å². The highest BCUT2D eigenvalue weighted by Gasteiger charge is 2.36. The Morgan fingerprint density at radius 2 is 2.00 bits per heavy atom. The quantitative estimate of drug-likeness (QED) is 0.674. The molecule has 1 fully saturated rings. The first-order valence-corrected chi connectivity index (χ1v) is 6.80. The van der Waals surface area contributed by atoms with Gasteiger partial charge in [-0.05, 0) is 12.8 Å². The Kier molecular flexibility index (Phi) is 4.51. The van der Waals surface area contributed by atoms with Gasteiger partial charge in [-0.3, -0.25) is 0 Å². The fraction of sp³-hybridized carbons (Fsp3) is 1.00. The summed E-state index contributed by atoms with van der Waals surface area (Å²) >= 11 is 0. The number of rotatable bonds is 6. The Balaban J connectivity index is 2.58. The van der Waals surface area contributed by atoms with Crippen LogP contribution in [0.3, 0.4) is 0 Å². The average molecular weight is 237 g/mol. The van der Waals surface area contributed by atoms with Gasteiger partial charge in [-0.25, -0.2) is 13.1 Å². The van der Waals surface area contributed by atoms with Crippen LogP contribution in [0, 0.1) is 0 Å². The zero-order valence-corrected chi connectivity index (χ0v) is 9.85. The first-order chi connectivity index (χ1) is 7.04. The fourth-order valence-electron chi connectivity index (χ4n) is 1.92. The van der Waals surface area contributed by atoms with Crippen molar-refractivity contribution in [3.05, 3.63) is 0 Å². The normalized spacial score (nSPS) is 20.7. The Morgan fingerprint density at radius 1 is 1.40 bits per heavy atom. The van der Waals surface area contributed by atoms with E-state index in [2.05, 4.69) is 4.72 Å². The number of aliphatic hydroxyl groups excluding tert-OH is 1. The van der Waals surface area contributed by atoms with Crippen LogP contribution in [0.15, 0.2) is 0 Å². The third-order valence-electron chi connectivity index (χ3n) is 2.79. The van der Waals surface area contributed by atoms with Gasteiger partial charge in [0, 0.05) is 7.11 Å². The summed E-state index contributed by atoms with van der Waals surface area (Å²) in [6, 6.07) is 0. The summed E-state index contributed by atoms with van der Waals surface area (Å²) in [4.78, 5) is 0. The van der Waals surface area contributed by atoms with Crippen molar-refractivity contribution >= 4 is 10.0 Å². The topological polar surface area (TPSA) is 75.6 Å². The number of hydrogen-bond donors (Lipinski definition) is 2. The molecule has 0 amide bonds. The SMILES string of the molecule is COCCS(=O)(=O)NC1(CO)CCCC1. The molecule has 0 unspecified atom stereocenters. The maximum absolute atomic E-state index is 11.6. The second-order valence-electron chi connectivity index (χ2n) is 4.06. The molecule has 0 radical (unpaired) electrons. The largest absolute Gasteiger partial charge is 0.394 e. The van der Waals surface area contributed by atoms with E-state index in [-0.39, 0.29) is 19.0 Å². The van der Waals surface area contributed by atoms with E-state index in [1.54, 1.807) is 0 Å². The summed E-state index contributed by atoms with van der Waals surface area (Å²) in [6.07, 6.45) is 3.37. The molecule has 90 valence electrons. The second-order valence-corrected chi connectivity index (χ2v) is 5.90. The Labute approximate surface area is 90.9 Å². The Morgan fingerprint density at radius 3 is 2.47 bits per heavy atom. The molecule has 15 heavy (non-hydrogen) atoms. The first-order valence-electron chi connectivity index (χ1n) is 5.15. The van der Waals surface area contributed by atoms with Gasteiger partial charge in [0.05, 0.1) is 24.5 Å². The summed E-state index contributed by atoms with van der Waals surface area (Å²) in [5.74, 6) is -0.0503. The van der Waals surface area contributed by atoms with Crippen molar-refractivity contribution in [1.29, 1.82) is 0 Å². The van der Waals surface area contributed by atoms with Crippen LogP contribution in [0.25, 0.3) is 0 Å². The number of methoxy groups -OCH3 is 1. The van der Waals surface area contributed by atoms with E-state index < -0.39 is 15.6 Å².